The maximum atomic E-state index is 13.1. The summed E-state index contributed by atoms with van der Waals surface area (Å²) in [5, 5.41) is 4.39. The summed E-state index contributed by atoms with van der Waals surface area (Å²) >= 11 is 0. The highest BCUT2D eigenvalue weighted by molar-refractivity contribution is 7.91. The number of nitrogens with zero attached hydrogens (tertiary/aromatic N) is 2. The van der Waals surface area contributed by atoms with Gasteiger partial charge < -0.3 is 15.2 Å². The monoisotopic (exact) mass is 398 g/mol. The van der Waals surface area contributed by atoms with Crippen LogP contribution in [0.5, 0.6) is 0 Å². The van der Waals surface area contributed by atoms with Crippen molar-refractivity contribution < 1.29 is 8.42 Å². The van der Waals surface area contributed by atoms with Crippen molar-refractivity contribution in [3.8, 4) is 0 Å². The molecule has 1 aliphatic rings. The molecule has 1 fully saturated rings. The van der Waals surface area contributed by atoms with Crippen molar-refractivity contribution in [3.63, 3.8) is 0 Å². The molecule has 0 saturated carbocycles. The smallest absolute Gasteiger partial charge is 0.221 e. The number of aryl methyl sites for hydroxylation is 1. The minimum atomic E-state index is -3.60. The molecule has 2 aromatic heterocycles. The maximum absolute atomic E-state index is 13.1. The van der Waals surface area contributed by atoms with Gasteiger partial charge in [-0.3, -0.25) is 0 Å². The fourth-order valence-corrected chi connectivity index (χ4v) is 4.90. The van der Waals surface area contributed by atoms with Gasteiger partial charge in [0.1, 0.15) is 10.8 Å². The summed E-state index contributed by atoms with van der Waals surface area (Å²) < 4.78 is 26.3. The van der Waals surface area contributed by atoms with E-state index in [2.05, 4.69) is 27.1 Å². The first-order valence-corrected chi connectivity index (χ1v) is 11.4. The van der Waals surface area contributed by atoms with Crippen LogP contribution in [0.1, 0.15) is 25.3 Å². The number of hydrogen-bond acceptors (Lipinski definition) is 5. The lowest BCUT2D eigenvalue weighted by Crippen LogP contribution is -2.43. The first-order valence-electron chi connectivity index (χ1n) is 9.87. The van der Waals surface area contributed by atoms with Crippen LogP contribution in [0.25, 0.3) is 10.9 Å². The van der Waals surface area contributed by atoms with E-state index in [1.165, 1.54) is 5.56 Å². The number of unbranched alkanes of at least 4 members (excludes halogenated alkanes) is 1. The summed E-state index contributed by atoms with van der Waals surface area (Å²) in [5.74, 6) is 0.839. The summed E-state index contributed by atoms with van der Waals surface area (Å²) in [6.45, 7) is 5.67. The van der Waals surface area contributed by atoms with E-state index in [9.17, 15) is 8.42 Å². The van der Waals surface area contributed by atoms with Gasteiger partial charge in [0.15, 0.2) is 0 Å². The van der Waals surface area contributed by atoms with Crippen molar-refractivity contribution in [1.82, 2.24) is 15.3 Å². The normalized spacial score (nSPS) is 15.2. The van der Waals surface area contributed by atoms with Gasteiger partial charge in [0.25, 0.3) is 0 Å². The SMILES string of the molecule is CCCCc1ccc(S(=O)(=O)c2cc3c(N4CCNCC4)nccc3[nH]2)cc1. The van der Waals surface area contributed by atoms with Gasteiger partial charge >= 0.3 is 0 Å². The Morgan fingerprint density at radius 3 is 2.57 bits per heavy atom. The summed E-state index contributed by atoms with van der Waals surface area (Å²) in [6, 6.07) is 10.8. The molecule has 0 radical (unpaired) electrons. The number of pyridine rings is 1. The molecule has 0 spiro atoms. The van der Waals surface area contributed by atoms with Crippen molar-refractivity contribution in [2.45, 2.75) is 36.1 Å². The standard InChI is InChI=1S/C21H26N4O2S/c1-2-3-4-16-5-7-17(8-6-16)28(26,27)20-15-18-19(24-20)9-10-23-21(18)25-13-11-22-12-14-25/h5-10,15,22,24H,2-4,11-14H2,1H3. The van der Waals surface area contributed by atoms with E-state index in [-0.39, 0.29) is 5.03 Å². The Bertz CT molecular complexity index is 1050. The van der Waals surface area contributed by atoms with Crippen molar-refractivity contribution >= 4 is 26.6 Å². The maximum Gasteiger partial charge on any atom is 0.221 e. The number of benzene rings is 1. The quantitative estimate of drug-likeness (QED) is 0.667. The predicted octanol–water partition coefficient (Wildman–Crippen LogP) is 3.15. The molecule has 3 aromatic rings. The number of anilines is 1. The van der Waals surface area contributed by atoms with Gasteiger partial charge in [0.05, 0.1) is 10.4 Å². The van der Waals surface area contributed by atoms with Crippen LogP contribution >= 0.6 is 0 Å². The molecule has 1 saturated heterocycles. The molecule has 7 heteroatoms. The van der Waals surface area contributed by atoms with Crippen LogP contribution < -0.4 is 10.2 Å². The lowest BCUT2D eigenvalue weighted by atomic mass is 10.1. The Hall–Kier alpha value is -2.38. The molecule has 148 valence electrons. The van der Waals surface area contributed by atoms with E-state index in [0.29, 0.717) is 4.90 Å². The second kappa shape index (κ2) is 7.93. The van der Waals surface area contributed by atoms with Gasteiger partial charge in [-0.25, -0.2) is 13.4 Å². The molecule has 3 heterocycles. The Morgan fingerprint density at radius 1 is 1.11 bits per heavy atom. The summed E-state index contributed by atoms with van der Waals surface area (Å²) in [5.41, 5.74) is 1.96. The van der Waals surface area contributed by atoms with Crippen LogP contribution in [-0.4, -0.2) is 44.6 Å². The predicted molar refractivity (Wildman–Crippen MR) is 112 cm³/mol. The Labute approximate surface area is 165 Å². The van der Waals surface area contributed by atoms with Crippen molar-refractivity contribution in [1.29, 1.82) is 0 Å². The fraction of sp³-hybridized carbons (Fsp3) is 0.381. The van der Waals surface area contributed by atoms with E-state index in [1.807, 2.05) is 18.2 Å². The molecule has 2 N–H and O–H groups in total. The van der Waals surface area contributed by atoms with Gasteiger partial charge in [-0.1, -0.05) is 25.5 Å². The van der Waals surface area contributed by atoms with E-state index in [0.717, 1.165) is 62.2 Å². The van der Waals surface area contributed by atoms with Gasteiger partial charge in [-0.15, -0.1) is 0 Å². The topological polar surface area (TPSA) is 78.1 Å². The number of sulfone groups is 1. The molecular formula is C21H26N4O2S. The Balaban J connectivity index is 1.68. The van der Waals surface area contributed by atoms with Crippen LogP contribution in [0, 0.1) is 0 Å². The largest absolute Gasteiger partial charge is 0.354 e. The first kappa shape index (κ1) is 19.0. The number of rotatable bonds is 6. The highest BCUT2D eigenvalue weighted by atomic mass is 32.2. The second-order valence-electron chi connectivity index (χ2n) is 7.22. The average Bonchev–Trinajstić information content (AvgIpc) is 3.18. The minimum absolute atomic E-state index is 0.216. The van der Waals surface area contributed by atoms with Gasteiger partial charge in [-0.05, 0) is 42.7 Å². The van der Waals surface area contributed by atoms with Crippen LogP contribution in [0.3, 0.4) is 0 Å². The molecule has 1 aliphatic heterocycles. The first-order chi connectivity index (χ1) is 13.6. The zero-order valence-corrected chi connectivity index (χ0v) is 16.9. The lowest BCUT2D eigenvalue weighted by molar-refractivity contribution is 0.586. The third-order valence-corrected chi connectivity index (χ3v) is 6.95. The van der Waals surface area contributed by atoms with Crippen LogP contribution in [-0.2, 0) is 16.3 Å². The van der Waals surface area contributed by atoms with Crippen LogP contribution in [0.4, 0.5) is 5.82 Å². The lowest BCUT2D eigenvalue weighted by Gasteiger charge is -2.28. The highest BCUT2D eigenvalue weighted by Crippen LogP contribution is 2.30. The van der Waals surface area contributed by atoms with Crippen molar-refractivity contribution in [2.75, 3.05) is 31.1 Å². The zero-order chi connectivity index (χ0) is 19.6. The molecule has 0 aliphatic carbocycles. The average molecular weight is 399 g/mol. The number of nitrogens with one attached hydrogen (secondary N) is 2. The zero-order valence-electron chi connectivity index (χ0n) is 16.1. The van der Waals surface area contributed by atoms with Crippen LogP contribution in [0.2, 0.25) is 0 Å². The minimum Gasteiger partial charge on any atom is -0.354 e. The summed E-state index contributed by atoms with van der Waals surface area (Å²) in [4.78, 5) is 10.1. The van der Waals surface area contributed by atoms with Crippen LogP contribution in [0.15, 0.2) is 52.5 Å². The number of piperazine rings is 1. The molecule has 4 rings (SSSR count). The second-order valence-corrected chi connectivity index (χ2v) is 9.14. The van der Waals surface area contributed by atoms with Crippen molar-refractivity contribution in [2.24, 2.45) is 0 Å². The summed E-state index contributed by atoms with van der Waals surface area (Å²) in [6.07, 6.45) is 4.94. The third kappa shape index (κ3) is 3.64. The van der Waals surface area contributed by atoms with E-state index < -0.39 is 9.84 Å². The molecule has 0 amide bonds. The Kier molecular flexibility index (Phi) is 5.37. The molecular weight excluding hydrogens is 372 g/mol. The Morgan fingerprint density at radius 2 is 1.86 bits per heavy atom. The number of fused-ring (bicyclic) bond motifs is 1. The highest BCUT2D eigenvalue weighted by Gasteiger charge is 2.23. The number of aromatic nitrogens is 2. The molecule has 0 atom stereocenters. The van der Waals surface area contributed by atoms with E-state index in [1.54, 1.807) is 24.4 Å². The summed E-state index contributed by atoms with van der Waals surface area (Å²) in [7, 11) is -3.60. The molecule has 28 heavy (non-hydrogen) atoms. The van der Waals surface area contributed by atoms with E-state index in [4.69, 9.17) is 0 Å². The molecule has 1 aromatic carbocycles. The van der Waals surface area contributed by atoms with Crippen molar-refractivity contribution in [3.05, 3.63) is 48.2 Å². The van der Waals surface area contributed by atoms with Gasteiger partial charge in [0, 0.05) is 37.8 Å². The molecule has 0 unspecified atom stereocenters. The number of H-pyrrole nitrogens is 1. The molecule has 0 bridgehead atoms. The van der Waals surface area contributed by atoms with Gasteiger partial charge in [0.2, 0.25) is 9.84 Å². The van der Waals surface area contributed by atoms with E-state index >= 15 is 0 Å². The molecule has 6 nitrogen and oxygen atoms in total. The van der Waals surface area contributed by atoms with Gasteiger partial charge in [-0.2, -0.15) is 0 Å². The number of aromatic amines is 1. The number of hydrogen-bond donors (Lipinski definition) is 2. The third-order valence-electron chi connectivity index (χ3n) is 5.26. The fourth-order valence-electron chi connectivity index (χ4n) is 3.63.